The van der Waals surface area contributed by atoms with Crippen LogP contribution in [0.25, 0.3) is 11.3 Å². The molecule has 1 aromatic carbocycles. The van der Waals surface area contributed by atoms with Crippen LogP contribution >= 0.6 is 11.6 Å². The lowest BCUT2D eigenvalue weighted by Gasteiger charge is -1.99. The normalized spacial score (nSPS) is 10.1. The van der Waals surface area contributed by atoms with Crippen LogP contribution in [0.15, 0.2) is 34.7 Å². The largest absolute Gasteiger partial charge is 1.00 e. The lowest BCUT2D eigenvalue weighted by atomic mass is 10.2. The van der Waals surface area contributed by atoms with E-state index in [0.717, 1.165) is 11.3 Å². The van der Waals surface area contributed by atoms with Gasteiger partial charge in [0.15, 0.2) is 0 Å². The average molecular weight is 275 g/mol. The Balaban J connectivity index is 0.00000144. The molecule has 0 bridgehead atoms. The summed E-state index contributed by atoms with van der Waals surface area (Å²) >= 11 is 5.70. The van der Waals surface area contributed by atoms with Crippen molar-refractivity contribution in [1.82, 2.24) is 5.32 Å². The zero-order chi connectivity index (χ0) is 11.5. The third-order valence-electron chi connectivity index (χ3n) is 2.22. The molecule has 92 valence electrons. The number of halogens is 3. The van der Waals surface area contributed by atoms with E-state index in [1.807, 2.05) is 19.2 Å². The Morgan fingerprint density at radius 2 is 2.06 bits per heavy atom. The van der Waals surface area contributed by atoms with Crippen LogP contribution in [0.2, 0.25) is 5.02 Å². The molecule has 0 spiro atoms. The van der Waals surface area contributed by atoms with Crippen LogP contribution in [0, 0.1) is 5.82 Å². The highest BCUT2D eigenvalue weighted by Gasteiger charge is 2.07. The van der Waals surface area contributed by atoms with Crippen molar-refractivity contribution >= 4 is 11.6 Å². The minimum Gasteiger partial charge on any atom is -1.00 e. The zero-order valence-corrected chi connectivity index (χ0v) is 10.6. The van der Waals surface area contributed by atoms with Gasteiger partial charge in [0.25, 0.3) is 0 Å². The van der Waals surface area contributed by atoms with Crippen LogP contribution in [0.4, 0.5) is 4.39 Å². The molecule has 0 aliphatic carbocycles. The molecule has 0 aliphatic rings. The summed E-state index contributed by atoms with van der Waals surface area (Å²) < 4.78 is 18.5. The van der Waals surface area contributed by atoms with Crippen LogP contribution in [0.3, 0.4) is 0 Å². The minimum absolute atomic E-state index is 0. The van der Waals surface area contributed by atoms with E-state index in [-0.39, 0.29) is 17.4 Å². The van der Waals surface area contributed by atoms with Crippen LogP contribution < -0.4 is 17.7 Å². The van der Waals surface area contributed by atoms with Crippen molar-refractivity contribution in [3.8, 4) is 11.3 Å². The summed E-state index contributed by atoms with van der Waals surface area (Å²) in [5.74, 6) is 1.09. The smallest absolute Gasteiger partial charge is 0.141 e. The second kappa shape index (κ2) is 6.05. The SMILES string of the molecule is CNCc1ccc(-c2ccc(F)c(Cl)c2)o1.[Cl-]. The highest BCUT2D eigenvalue weighted by atomic mass is 35.5. The number of nitrogens with one attached hydrogen (secondary N) is 1. The Morgan fingerprint density at radius 3 is 2.71 bits per heavy atom. The van der Waals surface area contributed by atoms with E-state index in [9.17, 15) is 4.39 Å². The first kappa shape index (κ1) is 14.0. The molecule has 5 heteroatoms. The molecule has 1 heterocycles. The fourth-order valence-electron chi connectivity index (χ4n) is 1.45. The summed E-state index contributed by atoms with van der Waals surface area (Å²) in [5, 5.41) is 3.09. The Hall–Kier alpha value is -1.03. The summed E-state index contributed by atoms with van der Waals surface area (Å²) in [5.41, 5.74) is 0.772. The number of benzene rings is 1. The molecule has 0 radical (unpaired) electrons. The first-order chi connectivity index (χ1) is 7.70. The number of hydrogen-bond donors (Lipinski definition) is 1. The molecule has 1 N–H and O–H groups in total. The average Bonchev–Trinajstić information content (AvgIpc) is 2.71. The van der Waals surface area contributed by atoms with E-state index in [4.69, 9.17) is 16.0 Å². The van der Waals surface area contributed by atoms with E-state index < -0.39 is 5.82 Å². The maximum Gasteiger partial charge on any atom is 0.141 e. The number of rotatable bonds is 3. The van der Waals surface area contributed by atoms with E-state index in [0.29, 0.717) is 12.3 Å². The Bertz CT molecular complexity index is 499. The van der Waals surface area contributed by atoms with Gasteiger partial charge < -0.3 is 22.1 Å². The predicted molar refractivity (Wildman–Crippen MR) is 61.9 cm³/mol. The summed E-state index contributed by atoms with van der Waals surface area (Å²) in [6.45, 7) is 0.662. The molecule has 0 unspecified atom stereocenters. The van der Waals surface area contributed by atoms with Gasteiger partial charge >= 0.3 is 0 Å². The van der Waals surface area contributed by atoms with E-state index in [1.165, 1.54) is 6.07 Å². The highest BCUT2D eigenvalue weighted by molar-refractivity contribution is 6.31. The maximum atomic E-state index is 13.0. The van der Waals surface area contributed by atoms with Gasteiger partial charge in [-0.05, 0) is 37.4 Å². The first-order valence-electron chi connectivity index (χ1n) is 4.89. The predicted octanol–water partition coefficient (Wildman–Crippen LogP) is 0.462. The molecular weight excluding hydrogens is 264 g/mol. The third-order valence-corrected chi connectivity index (χ3v) is 2.51. The second-order valence-electron chi connectivity index (χ2n) is 3.43. The van der Waals surface area contributed by atoms with Crippen molar-refractivity contribution in [1.29, 1.82) is 0 Å². The van der Waals surface area contributed by atoms with Crippen LogP contribution in [-0.2, 0) is 6.54 Å². The van der Waals surface area contributed by atoms with E-state index >= 15 is 0 Å². The topological polar surface area (TPSA) is 25.2 Å². The molecule has 0 saturated carbocycles. The molecule has 0 atom stereocenters. The summed E-state index contributed by atoms with van der Waals surface area (Å²) in [4.78, 5) is 0. The molecule has 0 fully saturated rings. The molecule has 1 aromatic heterocycles. The molecule has 2 rings (SSSR count). The van der Waals surface area contributed by atoms with Gasteiger partial charge in [-0.25, -0.2) is 4.39 Å². The van der Waals surface area contributed by atoms with Crippen molar-refractivity contribution in [2.24, 2.45) is 0 Å². The van der Waals surface area contributed by atoms with Crippen molar-refractivity contribution in [3.63, 3.8) is 0 Å². The summed E-state index contributed by atoms with van der Waals surface area (Å²) in [7, 11) is 1.84. The molecule has 2 aromatic rings. The Kier molecular flexibility index (Phi) is 5.00. The van der Waals surface area contributed by atoms with Gasteiger partial charge in [-0.1, -0.05) is 11.6 Å². The van der Waals surface area contributed by atoms with Crippen LogP contribution in [0.5, 0.6) is 0 Å². The molecular formula is C12H11Cl2FNO-. The molecule has 0 aliphatic heterocycles. The molecule has 0 amide bonds. The summed E-state index contributed by atoms with van der Waals surface area (Å²) in [6, 6.07) is 8.25. The van der Waals surface area contributed by atoms with Crippen LogP contribution in [0.1, 0.15) is 5.76 Å². The zero-order valence-electron chi connectivity index (χ0n) is 9.14. The quantitative estimate of drug-likeness (QED) is 0.880. The Morgan fingerprint density at radius 1 is 1.29 bits per heavy atom. The Labute approximate surface area is 110 Å². The van der Waals surface area contributed by atoms with Gasteiger partial charge in [-0.15, -0.1) is 0 Å². The fourth-order valence-corrected chi connectivity index (χ4v) is 1.63. The van der Waals surface area contributed by atoms with Gasteiger partial charge in [-0.2, -0.15) is 0 Å². The van der Waals surface area contributed by atoms with E-state index in [2.05, 4.69) is 5.32 Å². The van der Waals surface area contributed by atoms with E-state index in [1.54, 1.807) is 12.1 Å². The van der Waals surface area contributed by atoms with Crippen molar-refractivity contribution < 1.29 is 21.2 Å². The van der Waals surface area contributed by atoms with Gasteiger partial charge in [0.2, 0.25) is 0 Å². The van der Waals surface area contributed by atoms with Gasteiger partial charge in [0, 0.05) is 5.56 Å². The lowest BCUT2D eigenvalue weighted by molar-refractivity contribution is -0.00000435. The number of hydrogen-bond acceptors (Lipinski definition) is 2. The van der Waals surface area contributed by atoms with Crippen molar-refractivity contribution in [2.75, 3.05) is 7.05 Å². The first-order valence-corrected chi connectivity index (χ1v) is 5.27. The van der Waals surface area contributed by atoms with Crippen molar-refractivity contribution in [3.05, 3.63) is 46.9 Å². The van der Waals surface area contributed by atoms with Crippen molar-refractivity contribution in [2.45, 2.75) is 6.54 Å². The van der Waals surface area contributed by atoms with Crippen LogP contribution in [-0.4, -0.2) is 7.05 Å². The van der Waals surface area contributed by atoms with Gasteiger partial charge in [0.1, 0.15) is 17.3 Å². The molecule has 17 heavy (non-hydrogen) atoms. The van der Waals surface area contributed by atoms with Gasteiger partial charge in [-0.3, -0.25) is 0 Å². The standard InChI is InChI=1S/C12H11ClFNO.ClH/c1-15-7-9-3-5-12(16-9)8-2-4-11(14)10(13)6-8;/h2-6,15H,7H2,1H3;1H/p-1. The minimum atomic E-state index is -0.424. The highest BCUT2D eigenvalue weighted by Crippen LogP contribution is 2.26. The van der Waals surface area contributed by atoms with Gasteiger partial charge in [0.05, 0.1) is 11.6 Å². The molecule has 2 nitrogen and oxygen atoms in total. The fraction of sp³-hybridized carbons (Fsp3) is 0.167. The maximum absolute atomic E-state index is 13.0. The number of furan rings is 1. The lowest BCUT2D eigenvalue weighted by Crippen LogP contribution is -3.00. The monoisotopic (exact) mass is 274 g/mol. The third kappa shape index (κ3) is 3.22. The second-order valence-corrected chi connectivity index (χ2v) is 3.83. The summed E-state index contributed by atoms with van der Waals surface area (Å²) in [6.07, 6.45) is 0. The molecule has 0 saturated heterocycles.